The predicted molar refractivity (Wildman–Crippen MR) is 75.6 cm³/mol. The van der Waals surface area contributed by atoms with E-state index in [1.54, 1.807) is 0 Å². The Morgan fingerprint density at radius 1 is 1.56 bits per heavy atom. The van der Waals surface area contributed by atoms with Gasteiger partial charge in [-0.05, 0) is 38.2 Å². The topological polar surface area (TPSA) is 15.3 Å². The maximum atomic E-state index is 3.53. The number of rotatable bonds is 3. The van der Waals surface area contributed by atoms with E-state index in [4.69, 9.17) is 0 Å². The van der Waals surface area contributed by atoms with E-state index in [-0.39, 0.29) is 0 Å². The van der Waals surface area contributed by atoms with Crippen LogP contribution in [0.4, 0.5) is 5.69 Å². The van der Waals surface area contributed by atoms with Crippen LogP contribution in [-0.2, 0) is 0 Å². The van der Waals surface area contributed by atoms with Crippen LogP contribution in [0.25, 0.3) is 0 Å². The summed E-state index contributed by atoms with van der Waals surface area (Å²) in [5.74, 6) is 1.18. The molecule has 0 amide bonds. The Hall–Kier alpha value is -0.190. The van der Waals surface area contributed by atoms with E-state index in [1.807, 2.05) is 18.8 Å². The van der Waals surface area contributed by atoms with Gasteiger partial charge in [-0.15, -0.1) is 11.8 Å². The molecular formula is C12H17BrN2S. The summed E-state index contributed by atoms with van der Waals surface area (Å²) in [5.41, 5.74) is 1.36. The summed E-state index contributed by atoms with van der Waals surface area (Å²) in [6.45, 7) is 1.08. The number of thioether (sulfide) groups is 1. The third-order valence-corrected chi connectivity index (χ3v) is 4.69. The smallest absolute Gasteiger partial charge is 0.0505 e. The van der Waals surface area contributed by atoms with Gasteiger partial charge in [-0.3, -0.25) is 0 Å². The van der Waals surface area contributed by atoms with Gasteiger partial charge in [0.1, 0.15) is 0 Å². The lowest BCUT2D eigenvalue weighted by atomic mass is 10.1. The standard InChI is InChI=1S/C12H17BrN2S/c1-14-6-5-10-8-16-12-7-9(13)3-4-11(12)15(10)2/h3-4,7,10,14H,5-6,8H2,1-2H3. The lowest BCUT2D eigenvalue weighted by Crippen LogP contribution is -2.38. The molecule has 0 saturated heterocycles. The summed E-state index contributed by atoms with van der Waals surface area (Å²) in [6, 6.07) is 7.19. The number of fused-ring (bicyclic) bond motifs is 1. The van der Waals surface area contributed by atoms with Gasteiger partial charge in [0.2, 0.25) is 0 Å². The van der Waals surface area contributed by atoms with Crippen molar-refractivity contribution in [1.29, 1.82) is 0 Å². The lowest BCUT2D eigenvalue weighted by Gasteiger charge is -2.35. The molecule has 1 aliphatic rings. The van der Waals surface area contributed by atoms with E-state index in [0.717, 1.165) is 6.54 Å². The number of benzene rings is 1. The molecule has 1 aromatic rings. The first-order valence-electron chi connectivity index (χ1n) is 5.52. The molecule has 88 valence electrons. The van der Waals surface area contributed by atoms with Crippen LogP contribution in [0.15, 0.2) is 27.6 Å². The van der Waals surface area contributed by atoms with Crippen molar-refractivity contribution in [3.05, 3.63) is 22.7 Å². The molecule has 16 heavy (non-hydrogen) atoms. The summed E-state index contributed by atoms with van der Waals surface area (Å²) in [7, 11) is 4.22. The van der Waals surface area contributed by atoms with Crippen LogP contribution in [0.2, 0.25) is 0 Å². The molecule has 2 rings (SSSR count). The number of anilines is 1. The minimum Gasteiger partial charge on any atom is -0.370 e. The largest absolute Gasteiger partial charge is 0.370 e. The Labute approximate surface area is 110 Å². The fraction of sp³-hybridized carbons (Fsp3) is 0.500. The SMILES string of the molecule is CNCCC1CSc2cc(Br)ccc2N1C. The number of halogens is 1. The molecule has 0 bridgehead atoms. The van der Waals surface area contributed by atoms with Crippen molar-refractivity contribution in [3.8, 4) is 0 Å². The molecular weight excluding hydrogens is 284 g/mol. The van der Waals surface area contributed by atoms with Gasteiger partial charge >= 0.3 is 0 Å². The monoisotopic (exact) mass is 300 g/mol. The van der Waals surface area contributed by atoms with E-state index in [2.05, 4.69) is 51.4 Å². The van der Waals surface area contributed by atoms with Crippen LogP contribution in [0.3, 0.4) is 0 Å². The van der Waals surface area contributed by atoms with Crippen LogP contribution >= 0.6 is 27.7 Å². The van der Waals surface area contributed by atoms with Crippen LogP contribution in [-0.4, -0.2) is 32.4 Å². The van der Waals surface area contributed by atoms with Crippen molar-refractivity contribution in [2.75, 3.05) is 31.3 Å². The zero-order valence-corrected chi connectivity index (χ0v) is 12.1. The molecule has 1 atom stereocenters. The summed E-state index contributed by atoms with van der Waals surface area (Å²) < 4.78 is 1.17. The number of nitrogens with zero attached hydrogens (tertiary/aromatic N) is 1. The highest BCUT2D eigenvalue weighted by Crippen LogP contribution is 2.38. The first-order valence-corrected chi connectivity index (χ1v) is 7.30. The average molecular weight is 301 g/mol. The Morgan fingerprint density at radius 2 is 2.38 bits per heavy atom. The normalized spacial score (nSPS) is 19.7. The fourth-order valence-corrected chi connectivity index (χ4v) is 3.82. The van der Waals surface area contributed by atoms with Gasteiger partial charge in [0.25, 0.3) is 0 Å². The second-order valence-corrected chi connectivity index (χ2v) is 6.06. The molecule has 0 aliphatic carbocycles. The zero-order valence-electron chi connectivity index (χ0n) is 9.66. The first kappa shape index (κ1) is 12.3. The molecule has 0 saturated carbocycles. The Bertz CT molecular complexity index is 370. The quantitative estimate of drug-likeness (QED) is 0.924. The fourth-order valence-electron chi connectivity index (χ4n) is 1.98. The van der Waals surface area contributed by atoms with Gasteiger partial charge in [0, 0.05) is 28.2 Å². The molecule has 2 nitrogen and oxygen atoms in total. The summed E-state index contributed by atoms with van der Waals surface area (Å²) in [6.07, 6.45) is 1.20. The van der Waals surface area contributed by atoms with Gasteiger partial charge in [0.05, 0.1) is 5.69 Å². The summed E-state index contributed by atoms with van der Waals surface area (Å²) in [5, 5.41) is 3.23. The van der Waals surface area contributed by atoms with Gasteiger partial charge in [0.15, 0.2) is 0 Å². The molecule has 1 aromatic carbocycles. The minimum atomic E-state index is 0.645. The average Bonchev–Trinajstić information content (AvgIpc) is 2.28. The molecule has 1 aliphatic heterocycles. The van der Waals surface area contributed by atoms with E-state index in [0.29, 0.717) is 6.04 Å². The molecule has 1 N–H and O–H groups in total. The highest BCUT2D eigenvalue weighted by atomic mass is 79.9. The maximum absolute atomic E-state index is 3.53. The minimum absolute atomic E-state index is 0.645. The predicted octanol–water partition coefficient (Wildman–Crippen LogP) is 2.97. The molecule has 0 radical (unpaired) electrons. The van der Waals surface area contributed by atoms with Crippen LogP contribution in [0.5, 0.6) is 0 Å². The van der Waals surface area contributed by atoms with Crippen molar-refractivity contribution in [1.82, 2.24) is 5.32 Å². The Balaban J connectivity index is 2.15. The number of hydrogen-bond donors (Lipinski definition) is 1. The molecule has 0 aromatic heterocycles. The van der Waals surface area contributed by atoms with Crippen LogP contribution in [0, 0.1) is 0 Å². The molecule has 0 fully saturated rings. The highest BCUT2D eigenvalue weighted by Gasteiger charge is 2.23. The maximum Gasteiger partial charge on any atom is 0.0505 e. The van der Waals surface area contributed by atoms with Crippen LogP contribution < -0.4 is 10.2 Å². The third kappa shape index (κ3) is 2.55. The molecule has 1 unspecified atom stereocenters. The second-order valence-electron chi connectivity index (χ2n) is 4.08. The van der Waals surface area contributed by atoms with Gasteiger partial charge in [-0.25, -0.2) is 0 Å². The van der Waals surface area contributed by atoms with E-state index in [1.165, 1.54) is 27.2 Å². The van der Waals surface area contributed by atoms with Gasteiger partial charge in [-0.2, -0.15) is 0 Å². The zero-order chi connectivity index (χ0) is 11.5. The summed E-state index contributed by atoms with van der Waals surface area (Å²) >= 11 is 5.49. The van der Waals surface area contributed by atoms with Gasteiger partial charge in [-0.1, -0.05) is 15.9 Å². The Kier molecular flexibility index (Phi) is 4.16. The lowest BCUT2D eigenvalue weighted by molar-refractivity contribution is 0.598. The highest BCUT2D eigenvalue weighted by molar-refractivity contribution is 9.10. The third-order valence-electron chi connectivity index (χ3n) is 3.01. The van der Waals surface area contributed by atoms with Crippen molar-refractivity contribution in [3.63, 3.8) is 0 Å². The van der Waals surface area contributed by atoms with Crippen molar-refractivity contribution >= 4 is 33.4 Å². The summed E-state index contributed by atoms with van der Waals surface area (Å²) in [4.78, 5) is 3.80. The Morgan fingerprint density at radius 3 is 3.12 bits per heavy atom. The van der Waals surface area contributed by atoms with E-state index in [9.17, 15) is 0 Å². The van der Waals surface area contributed by atoms with Gasteiger partial charge < -0.3 is 10.2 Å². The molecule has 4 heteroatoms. The van der Waals surface area contributed by atoms with E-state index >= 15 is 0 Å². The first-order chi connectivity index (χ1) is 7.72. The number of hydrogen-bond acceptors (Lipinski definition) is 3. The second kappa shape index (κ2) is 5.43. The molecule has 1 heterocycles. The van der Waals surface area contributed by atoms with Crippen molar-refractivity contribution < 1.29 is 0 Å². The van der Waals surface area contributed by atoms with E-state index < -0.39 is 0 Å². The van der Waals surface area contributed by atoms with Crippen molar-refractivity contribution in [2.45, 2.75) is 17.4 Å². The van der Waals surface area contributed by atoms with Crippen molar-refractivity contribution in [2.24, 2.45) is 0 Å². The number of nitrogens with one attached hydrogen (secondary N) is 1. The molecule has 0 spiro atoms. The van der Waals surface area contributed by atoms with Crippen LogP contribution in [0.1, 0.15) is 6.42 Å².